The van der Waals surface area contributed by atoms with Gasteiger partial charge in [-0.1, -0.05) is 12.1 Å². The molecule has 0 aromatic carbocycles. The van der Waals surface area contributed by atoms with E-state index in [-0.39, 0.29) is 0 Å². The van der Waals surface area contributed by atoms with Crippen molar-refractivity contribution in [2.45, 2.75) is 5.03 Å². The number of rotatable bonds is 3. The molecule has 0 saturated carbocycles. The minimum Gasteiger partial charge on any atom is -0.249 e. The maximum absolute atomic E-state index is 4.08. The molecule has 2 heteroatoms. The maximum Gasteiger partial charge on any atom is 0.104 e. The van der Waals surface area contributed by atoms with Crippen molar-refractivity contribution in [2.75, 3.05) is 5.75 Å². The summed E-state index contributed by atoms with van der Waals surface area (Å²) in [6.07, 6.45) is 3.62. The Balaban J connectivity index is 2.50. The molecule has 0 fully saturated rings. The van der Waals surface area contributed by atoms with E-state index in [4.69, 9.17) is 0 Å². The Kier molecular flexibility index (Phi) is 3.03. The fraction of sp³-hybridized carbons (Fsp3) is 0.125. The summed E-state index contributed by atoms with van der Waals surface area (Å²) >= 11 is 1.64. The van der Waals surface area contributed by atoms with Gasteiger partial charge in [0.05, 0.1) is 0 Å². The zero-order valence-corrected chi connectivity index (χ0v) is 6.40. The number of aromatic nitrogens is 1. The molecule has 0 amide bonds. The van der Waals surface area contributed by atoms with Gasteiger partial charge in [-0.05, 0) is 6.07 Å². The van der Waals surface area contributed by atoms with Crippen molar-refractivity contribution >= 4 is 11.8 Å². The van der Waals surface area contributed by atoms with Gasteiger partial charge in [0.15, 0.2) is 0 Å². The summed E-state index contributed by atoms with van der Waals surface area (Å²) in [6.45, 7) is 3.61. The second kappa shape index (κ2) is 4.12. The standard InChI is InChI=1S/C8H8NS/c1-2-7-10-8-5-3-4-6-9-8/h2-4,6H,1,7H2. The van der Waals surface area contributed by atoms with Crippen LogP contribution in [0.25, 0.3) is 0 Å². The Morgan fingerprint density at radius 2 is 2.70 bits per heavy atom. The molecule has 51 valence electrons. The fourth-order valence-electron chi connectivity index (χ4n) is 0.527. The summed E-state index contributed by atoms with van der Waals surface area (Å²) in [5, 5.41) is 0.933. The van der Waals surface area contributed by atoms with E-state index in [1.807, 2.05) is 18.2 Å². The van der Waals surface area contributed by atoms with Crippen LogP contribution in [0.3, 0.4) is 0 Å². The van der Waals surface area contributed by atoms with Crippen LogP contribution in [-0.2, 0) is 0 Å². The number of nitrogens with zero attached hydrogens (tertiary/aromatic N) is 1. The predicted molar refractivity (Wildman–Crippen MR) is 44.0 cm³/mol. The van der Waals surface area contributed by atoms with Crippen LogP contribution in [0.5, 0.6) is 0 Å². The van der Waals surface area contributed by atoms with Crippen molar-refractivity contribution in [1.82, 2.24) is 4.98 Å². The molecular formula is C8H8NS. The van der Waals surface area contributed by atoms with Crippen LogP contribution >= 0.6 is 11.8 Å². The second-order valence-corrected chi connectivity index (χ2v) is 2.70. The minimum absolute atomic E-state index is 0.896. The van der Waals surface area contributed by atoms with E-state index >= 15 is 0 Å². The van der Waals surface area contributed by atoms with Gasteiger partial charge in [0.1, 0.15) is 5.03 Å². The summed E-state index contributed by atoms with van der Waals surface area (Å²) in [4.78, 5) is 4.08. The number of pyridine rings is 1. The molecular weight excluding hydrogens is 142 g/mol. The lowest BCUT2D eigenvalue weighted by Crippen LogP contribution is -1.77. The number of thioether (sulfide) groups is 1. The van der Waals surface area contributed by atoms with Gasteiger partial charge in [0, 0.05) is 18.0 Å². The first-order chi connectivity index (χ1) is 4.93. The Hall–Kier alpha value is -0.760. The van der Waals surface area contributed by atoms with Crippen LogP contribution in [-0.4, -0.2) is 10.7 Å². The molecule has 0 unspecified atom stereocenters. The normalized spacial score (nSPS) is 9.20. The summed E-state index contributed by atoms with van der Waals surface area (Å²) in [7, 11) is 0. The molecule has 1 heterocycles. The molecule has 0 bridgehead atoms. The molecule has 0 aliphatic carbocycles. The molecule has 0 aliphatic heterocycles. The predicted octanol–water partition coefficient (Wildman–Crippen LogP) is 2.16. The van der Waals surface area contributed by atoms with E-state index in [1.54, 1.807) is 18.0 Å². The Morgan fingerprint density at radius 3 is 3.30 bits per heavy atom. The largest absolute Gasteiger partial charge is 0.249 e. The molecule has 0 N–H and O–H groups in total. The summed E-state index contributed by atoms with van der Waals surface area (Å²) in [6, 6.07) is 6.73. The highest BCUT2D eigenvalue weighted by molar-refractivity contribution is 7.99. The van der Waals surface area contributed by atoms with Crippen LogP contribution < -0.4 is 0 Å². The zero-order chi connectivity index (χ0) is 7.23. The van der Waals surface area contributed by atoms with Crippen LogP contribution in [0.15, 0.2) is 36.0 Å². The van der Waals surface area contributed by atoms with Crippen molar-refractivity contribution in [3.05, 3.63) is 37.1 Å². The Labute approximate surface area is 65.2 Å². The van der Waals surface area contributed by atoms with Crippen LogP contribution in [0.4, 0.5) is 0 Å². The molecule has 1 rings (SSSR count). The molecule has 0 saturated heterocycles. The fourth-order valence-corrected chi connectivity index (χ4v) is 1.09. The third kappa shape index (κ3) is 2.23. The third-order valence-electron chi connectivity index (χ3n) is 0.919. The van der Waals surface area contributed by atoms with E-state index < -0.39 is 0 Å². The molecule has 0 spiro atoms. The molecule has 1 aromatic heterocycles. The van der Waals surface area contributed by atoms with Gasteiger partial charge in [0.25, 0.3) is 0 Å². The highest BCUT2D eigenvalue weighted by atomic mass is 32.2. The first-order valence-electron chi connectivity index (χ1n) is 3.00. The van der Waals surface area contributed by atoms with E-state index in [1.165, 1.54) is 0 Å². The smallest absolute Gasteiger partial charge is 0.104 e. The Morgan fingerprint density at radius 1 is 1.80 bits per heavy atom. The lowest BCUT2D eigenvalue weighted by atomic mass is 10.5. The summed E-state index contributed by atoms with van der Waals surface area (Å²) < 4.78 is 0. The van der Waals surface area contributed by atoms with Crippen molar-refractivity contribution in [3.8, 4) is 0 Å². The quantitative estimate of drug-likeness (QED) is 0.483. The van der Waals surface area contributed by atoms with Gasteiger partial charge < -0.3 is 0 Å². The SMILES string of the molecule is C=CCSc1[c]cccn1. The first-order valence-corrected chi connectivity index (χ1v) is 3.98. The molecule has 1 aromatic rings. The molecule has 0 aliphatic rings. The van der Waals surface area contributed by atoms with Gasteiger partial charge in [-0.3, -0.25) is 0 Å². The first kappa shape index (κ1) is 7.35. The van der Waals surface area contributed by atoms with Gasteiger partial charge in [0.2, 0.25) is 0 Å². The van der Waals surface area contributed by atoms with E-state index in [2.05, 4.69) is 17.6 Å². The average Bonchev–Trinajstić information content (AvgIpc) is 2.03. The van der Waals surface area contributed by atoms with Crippen molar-refractivity contribution < 1.29 is 0 Å². The zero-order valence-electron chi connectivity index (χ0n) is 5.58. The second-order valence-electron chi connectivity index (χ2n) is 1.69. The molecule has 1 nitrogen and oxygen atoms in total. The van der Waals surface area contributed by atoms with Gasteiger partial charge in [-0.15, -0.1) is 18.3 Å². The molecule has 10 heavy (non-hydrogen) atoms. The van der Waals surface area contributed by atoms with Gasteiger partial charge in [-0.2, -0.15) is 0 Å². The van der Waals surface area contributed by atoms with Crippen LogP contribution in [0.1, 0.15) is 0 Å². The summed E-state index contributed by atoms with van der Waals surface area (Å²) in [5.74, 6) is 0.896. The minimum atomic E-state index is 0.896. The average molecular weight is 150 g/mol. The number of hydrogen-bond acceptors (Lipinski definition) is 2. The van der Waals surface area contributed by atoms with E-state index in [0.29, 0.717) is 0 Å². The lowest BCUT2D eigenvalue weighted by molar-refractivity contribution is 1.13. The van der Waals surface area contributed by atoms with E-state index in [9.17, 15) is 0 Å². The Bertz CT molecular complexity index is 196. The van der Waals surface area contributed by atoms with Crippen LogP contribution in [0, 0.1) is 6.07 Å². The number of hydrogen-bond donors (Lipinski definition) is 0. The van der Waals surface area contributed by atoms with Crippen molar-refractivity contribution in [1.29, 1.82) is 0 Å². The topological polar surface area (TPSA) is 12.9 Å². The third-order valence-corrected chi connectivity index (χ3v) is 1.82. The monoisotopic (exact) mass is 150 g/mol. The van der Waals surface area contributed by atoms with Gasteiger partial charge in [-0.25, -0.2) is 4.98 Å². The van der Waals surface area contributed by atoms with Crippen LogP contribution in [0.2, 0.25) is 0 Å². The highest BCUT2D eigenvalue weighted by Crippen LogP contribution is 2.12. The maximum atomic E-state index is 4.08. The van der Waals surface area contributed by atoms with E-state index in [0.717, 1.165) is 10.8 Å². The van der Waals surface area contributed by atoms with Crippen molar-refractivity contribution in [3.63, 3.8) is 0 Å². The lowest BCUT2D eigenvalue weighted by Gasteiger charge is -1.92. The van der Waals surface area contributed by atoms with Crippen molar-refractivity contribution in [2.24, 2.45) is 0 Å². The highest BCUT2D eigenvalue weighted by Gasteiger charge is 1.88. The molecule has 0 atom stereocenters. The van der Waals surface area contributed by atoms with Gasteiger partial charge >= 0.3 is 0 Å². The molecule has 1 radical (unpaired) electrons. The summed E-state index contributed by atoms with van der Waals surface area (Å²) in [5.41, 5.74) is 0.